The first kappa shape index (κ1) is 17.0. The first-order valence-corrected chi connectivity index (χ1v) is 8.79. The van der Waals surface area contributed by atoms with Crippen molar-refractivity contribution in [3.8, 4) is 10.8 Å². The van der Waals surface area contributed by atoms with Crippen molar-refractivity contribution < 1.29 is 4.79 Å². The van der Waals surface area contributed by atoms with Crippen LogP contribution in [-0.2, 0) is 13.0 Å². The Kier molecular flexibility index (Phi) is 5.62. The van der Waals surface area contributed by atoms with Crippen LogP contribution in [0.4, 0.5) is 10.6 Å². The van der Waals surface area contributed by atoms with E-state index in [2.05, 4.69) is 42.8 Å². The van der Waals surface area contributed by atoms with Gasteiger partial charge in [-0.1, -0.05) is 12.1 Å². The van der Waals surface area contributed by atoms with Crippen LogP contribution >= 0.6 is 11.3 Å². The number of nitrogens with zero attached hydrogens (tertiary/aromatic N) is 6. The summed E-state index contributed by atoms with van der Waals surface area (Å²) >= 11 is 1.49. The normalized spacial score (nSPS) is 10.6. The van der Waals surface area contributed by atoms with Crippen LogP contribution in [0.5, 0.6) is 0 Å². The zero-order valence-corrected chi connectivity index (χ0v) is 14.5. The number of carbonyl (C=O) groups is 1. The fourth-order valence-electron chi connectivity index (χ4n) is 2.09. The summed E-state index contributed by atoms with van der Waals surface area (Å²) in [6.07, 6.45) is 6.66. The van der Waals surface area contributed by atoms with E-state index < -0.39 is 0 Å². The zero-order valence-electron chi connectivity index (χ0n) is 13.7. The minimum Gasteiger partial charge on any atom is -0.337 e. The number of amides is 2. The molecule has 0 aromatic carbocycles. The first-order valence-electron chi connectivity index (χ1n) is 7.91. The van der Waals surface area contributed by atoms with E-state index in [-0.39, 0.29) is 6.03 Å². The van der Waals surface area contributed by atoms with Gasteiger partial charge in [-0.15, -0.1) is 16.4 Å². The van der Waals surface area contributed by atoms with Gasteiger partial charge in [-0.25, -0.2) is 19.7 Å². The molecule has 3 aromatic rings. The lowest BCUT2D eigenvalue weighted by Crippen LogP contribution is -2.30. The number of urea groups is 1. The Morgan fingerprint density at radius 3 is 2.96 bits per heavy atom. The quantitative estimate of drug-likeness (QED) is 0.668. The topological polar surface area (TPSA) is 111 Å². The molecule has 0 atom stereocenters. The third-order valence-electron chi connectivity index (χ3n) is 3.21. The van der Waals surface area contributed by atoms with Gasteiger partial charge in [-0.3, -0.25) is 10.00 Å². The van der Waals surface area contributed by atoms with E-state index in [1.165, 1.54) is 11.3 Å². The number of hydrogen-bond donors (Lipinski definition) is 2. The maximum atomic E-state index is 11.9. The zero-order chi connectivity index (χ0) is 17.5. The molecule has 0 fully saturated rings. The number of thiazole rings is 1. The molecule has 10 heteroatoms. The minimum atomic E-state index is -0.314. The lowest BCUT2D eigenvalue weighted by Gasteiger charge is -2.03. The second-order valence-electron chi connectivity index (χ2n) is 5.21. The van der Waals surface area contributed by atoms with Crippen LogP contribution in [0, 0.1) is 0 Å². The van der Waals surface area contributed by atoms with Gasteiger partial charge in [0.15, 0.2) is 16.6 Å². The molecule has 0 bridgehead atoms. The van der Waals surface area contributed by atoms with E-state index in [1.807, 2.05) is 5.38 Å². The summed E-state index contributed by atoms with van der Waals surface area (Å²) in [5, 5.41) is 16.0. The Morgan fingerprint density at radius 1 is 1.32 bits per heavy atom. The van der Waals surface area contributed by atoms with E-state index in [4.69, 9.17) is 0 Å². The molecular formula is C15H18N8OS. The number of hydrogen-bond acceptors (Lipinski definition) is 7. The summed E-state index contributed by atoms with van der Waals surface area (Å²) in [7, 11) is 0. The lowest BCUT2D eigenvalue weighted by atomic mass is 10.3. The molecule has 2 amide bonds. The van der Waals surface area contributed by atoms with Gasteiger partial charge in [0.25, 0.3) is 0 Å². The molecule has 2 N–H and O–H groups in total. The predicted octanol–water partition coefficient (Wildman–Crippen LogP) is 1.97. The van der Waals surface area contributed by atoms with Crippen LogP contribution < -0.4 is 10.6 Å². The predicted molar refractivity (Wildman–Crippen MR) is 94.2 cm³/mol. The highest BCUT2D eigenvalue weighted by molar-refractivity contribution is 7.13. The lowest BCUT2D eigenvalue weighted by molar-refractivity contribution is 0.252. The summed E-state index contributed by atoms with van der Waals surface area (Å²) in [5.74, 6) is 1.04. The molecule has 0 spiro atoms. The smallest absolute Gasteiger partial charge is 0.320 e. The fourth-order valence-corrected chi connectivity index (χ4v) is 2.89. The molecule has 0 aliphatic rings. The molecule has 3 heterocycles. The molecule has 25 heavy (non-hydrogen) atoms. The second kappa shape index (κ2) is 8.29. The number of aryl methyl sites for hydroxylation is 1. The van der Waals surface area contributed by atoms with Crippen LogP contribution in [0.25, 0.3) is 10.8 Å². The molecule has 3 rings (SSSR count). The van der Waals surface area contributed by atoms with E-state index in [1.54, 1.807) is 29.3 Å². The van der Waals surface area contributed by atoms with Crippen molar-refractivity contribution in [2.45, 2.75) is 26.3 Å². The van der Waals surface area contributed by atoms with Crippen LogP contribution in [0.1, 0.15) is 19.0 Å². The van der Waals surface area contributed by atoms with Crippen molar-refractivity contribution in [2.24, 2.45) is 0 Å². The fraction of sp³-hybridized carbons (Fsp3) is 0.333. The standard InChI is InChI=1S/C15H18N8OS/c1-2-8-23-9-12(21-22-23)20-15(24)18-7-4-11-10-25-14(19-11)13-16-5-3-6-17-13/h3,5-6,9-10H,2,4,7-8H2,1H3,(H2,18,20,24). The van der Waals surface area contributed by atoms with Crippen LogP contribution in [0.3, 0.4) is 0 Å². The summed E-state index contributed by atoms with van der Waals surface area (Å²) in [6.45, 7) is 3.29. The van der Waals surface area contributed by atoms with Gasteiger partial charge < -0.3 is 5.32 Å². The van der Waals surface area contributed by atoms with Crippen molar-refractivity contribution in [2.75, 3.05) is 11.9 Å². The SMILES string of the molecule is CCCn1cc(NC(=O)NCCc2csc(-c3ncccn3)n2)nn1. The van der Waals surface area contributed by atoms with Crippen molar-refractivity contribution in [1.82, 2.24) is 35.3 Å². The molecule has 0 unspecified atom stereocenters. The third-order valence-corrected chi connectivity index (χ3v) is 4.10. The number of aromatic nitrogens is 6. The molecule has 0 aliphatic heterocycles. The average Bonchev–Trinajstić information content (AvgIpc) is 3.26. The number of anilines is 1. The van der Waals surface area contributed by atoms with Gasteiger partial charge in [0.2, 0.25) is 0 Å². The van der Waals surface area contributed by atoms with Gasteiger partial charge >= 0.3 is 6.03 Å². The Bertz CT molecular complexity index is 816. The summed E-state index contributed by atoms with van der Waals surface area (Å²) in [6, 6.07) is 1.45. The average molecular weight is 358 g/mol. The molecule has 0 aliphatic carbocycles. The van der Waals surface area contributed by atoms with E-state index in [0.717, 1.165) is 23.7 Å². The largest absolute Gasteiger partial charge is 0.337 e. The van der Waals surface area contributed by atoms with E-state index in [9.17, 15) is 4.79 Å². The molecular weight excluding hydrogens is 340 g/mol. The van der Waals surface area contributed by atoms with Crippen LogP contribution in [0.2, 0.25) is 0 Å². The van der Waals surface area contributed by atoms with Crippen molar-refractivity contribution in [1.29, 1.82) is 0 Å². The maximum Gasteiger partial charge on any atom is 0.320 e. The third kappa shape index (κ3) is 4.80. The van der Waals surface area contributed by atoms with Gasteiger partial charge in [-0.05, 0) is 12.5 Å². The number of nitrogens with one attached hydrogen (secondary N) is 2. The monoisotopic (exact) mass is 358 g/mol. The molecule has 130 valence electrons. The van der Waals surface area contributed by atoms with Gasteiger partial charge in [0, 0.05) is 37.3 Å². The highest BCUT2D eigenvalue weighted by atomic mass is 32.1. The van der Waals surface area contributed by atoms with Gasteiger partial charge in [0.1, 0.15) is 0 Å². The highest BCUT2D eigenvalue weighted by Gasteiger charge is 2.08. The summed E-state index contributed by atoms with van der Waals surface area (Å²) in [4.78, 5) is 24.7. The van der Waals surface area contributed by atoms with Gasteiger partial charge in [-0.2, -0.15) is 0 Å². The summed E-state index contributed by atoms with van der Waals surface area (Å²) < 4.78 is 1.69. The Labute approximate surface area is 148 Å². The second-order valence-corrected chi connectivity index (χ2v) is 6.07. The first-order chi connectivity index (χ1) is 12.2. The Hall–Kier alpha value is -2.88. The van der Waals surface area contributed by atoms with Crippen LogP contribution in [-0.4, -0.2) is 42.5 Å². The minimum absolute atomic E-state index is 0.314. The summed E-state index contributed by atoms with van der Waals surface area (Å²) in [5.41, 5.74) is 0.890. The molecule has 3 aromatic heterocycles. The van der Waals surface area contributed by atoms with Crippen molar-refractivity contribution in [3.05, 3.63) is 35.7 Å². The van der Waals surface area contributed by atoms with Gasteiger partial charge in [0.05, 0.1) is 11.9 Å². The van der Waals surface area contributed by atoms with Crippen molar-refractivity contribution in [3.63, 3.8) is 0 Å². The molecule has 9 nitrogen and oxygen atoms in total. The highest BCUT2D eigenvalue weighted by Crippen LogP contribution is 2.19. The number of carbonyl (C=O) groups excluding carboxylic acids is 1. The van der Waals surface area contributed by atoms with E-state index in [0.29, 0.717) is 24.6 Å². The van der Waals surface area contributed by atoms with Crippen LogP contribution in [0.15, 0.2) is 30.0 Å². The molecule has 0 saturated heterocycles. The maximum absolute atomic E-state index is 11.9. The Morgan fingerprint density at radius 2 is 2.16 bits per heavy atom. The van der Waals surface area contributed by atoms with Crippen molar-refractivity contribution >= 4 is 23.2 Å². The van der Waals surface area contributed by atoms with E-state index >= 15 is 0 Å². The molecule has 0 saturated carbocycles. The Balaban J connectivity index is 1.44. The number of rotatable bonds is 7. The molecule has 0 radical (unpaired) electrons.